The van der Waals surface area contributed by atoms with Crippen LogP contribution in [0.15, 0.2) is 0 Å². The van der Waals surface area contributed by atoms with Gasteiger partial charge in [-0.25, -0.2) is 0 Å². The Labute approximate surface area is 80.1 Å². The van der Waals surface area contributed by atoms with Crippen molar-refractivity contribution in [3.8, 4) is 0 Å². The molecule has 2 rings (SSSR count). The maximum Gasteiger partial charge on any atom is 0.0476 e. The van der Waals surface area contributed by atoms with Gasteiger partial charge in [-0.3, -0.25) is 0 Å². The van der Waals surface area contributed by atoms with E-state index in [0.717, 1.165) is 13.1 Å². The van der Waals surface area contributed by atoms with E-state index in [0.29, 0.717) is 17.9 Å². The molecule has 1 aliphatic carbocycles. The second-order valence-electron chi connectivity index (χ2n) is 4.05. The molecule has 1 saturated carbocycles. The van der Waals surface area contributed by atoms with Crippen LogP contribution < -0.4 is 5.32 Å². The molecule has 3 heteroatoms. The summed E-state index contributed by atoms with van der Waals surface area (Å²) in [5.41, 5.74) is 0.556. The lowest BCUT2D eigenvalue weighted by atomic mass is 9.58. The van der Waals surface area contributed by atoms with Gasteiger partial charge in [-0.2, -0.15) is 0 Å². The van der Waals surface area contributed by atoms with Crippen LogP contribution in [0.4, 0.5) is 0 Å². The molecule has 2 N–H and O–H groups in total. The number of aliphatic hydroxyl groups is 1. The maximum absolute atomic E-state index is 9.15. The second kappa shape index (κ2) is 3.95. The van der Waals surface area contributed by atoms with Crippen molar-refractivity contribution in [1.29, 1.82) is 0 Å². The minimum absolute atomic E-state index is 0. The summed E-state index contributed by atoms with van der Waals surface area (Å²) in [7, 11) is 0. The predicted molar refractivity (Wildman–Crippen MR) is 51.6 cm³/mol. The maximum atomic E-state index is 9.15. The number of hydrogen-bond acceptors (Lipinski definition) is 2. The first kappa shape index (κ1) is 10.3. The van der Waals surface area contributed by atoms with Crippen molar-refractivity contribution in [2.24, 2.45) is 11.3 Å². The van der Waals surface area contributed by atoms with Crippen LogP contribution in [0, 0.1) is 11.3 Å². The van der Waals surface area contributed by atoms with Gasteiger partial charge in [0.15, 0.2) is 0 Å². The first-order valence-corrected chi connectivity index (χ1v) is 4.69. The zero-order chi connectivity index (χ0) is 7.73. The molecule has 2 aliphatic rings. The highest BCUT2D eigenvalue weighted by molar-refractivity contribution is 5.85. The number of nitrogens with one attached hydrogen (secondary N) is 1. The Bertz CT molecular complexity index is 147. The molecule has 0 aromatic rings. The first-order valence-electron chi connectivity index (χ1n) is 4.69. The Kier molecular flexibility index (Phi) is 3.38. The summed E-state index contributed by atoms with van der Waals surface area (Å²) < 4.78 is 0. The highest BCUT2D eigenvalue weighted by atomic mass is 35.5. The van der Waals surface area contributed by atoms with Crippen molar-refractivity contribution in [2.75, 3.05) is 19.7 Å². The van der Waals surface area contributed by atoms with Crippen LogP contribution in [-0.4, -0.2) is 24.8 Å². The third kappa shape index (κ3) is 1.48. The zero-order valence-corrected chi connectivity index (χ0v) is 8.20. The molecule has 1 heterocycles. The van der Waals surface area contributed by atoms with Gasteiger partial charge in [-0.15, -0.1) is 12.4 Å². The highest BCUT2D eigenvalue weighted by Crippen LogP contribution is 2.50. The Morgan fingerprint density at radius 1 is 1.33 bits per heavy atom. The summed E-state index contributed by atoms with van der Waals surface area (Å²) in [6.07, 6.45) is 5.40. The molecule has 1 spiro atoms. The molecule has 1 atom stereocenters. The molecule has 72 valence electrons. The Morgan fingerprint density at radius 2 is 2.08 bits per heavy atom. The van der Waals surface area contributed by atoms with Crippen LogP contribution in [0.1, 0.15) is 25.7 Å². The quantitative estimate of drug-likeness (QED) is 0.653. The van der Waals surface area contributed by atoms with E-state index in [1.807, 2.05) is 0 Å². The first-order chi connectivity index (χ1) is 5.37. The smallest absolute Gasteiger partial charge is 0.0476 e. The van der Waals surface area contributed by atoms with E-state index >= 15 is 0 Å². The molecule has 2 nitrogen and oxygen atoms in total. The van der Waals surface area contributed by atoms with E-state index < -0.39 is 0 Å². The topological polar surface area (TPSA) is 32.3 Å². The summed E-state index contributed by atoms with van der Waals surface area (Å²) in [6, 6.07) is 0. The zero-order valence-electron chi connectivity index (χ0n) is 7.38. The Hall–Kier alpha value is 0.210. The van der Waals surface area contributed by atoms with Gasteiger partial charge in [0.2, 0.25) is 0 Å². The number of halogens is 1. The van der Waals surface area contributed by atoms with Crippen molar-refractivity contribution in [1.82, 2.24) is 5.32 Å². The van der Waals surface area contributed by atoms with Gasteiger partial charge in [-0.05, 0) is 31.2 Å². The van der Waals surface area contributed by atoms with E-state index in [1.54, 1.807) is 0 Å². The summed E-state index contributed by atoms with van der Waals surface area (Å²) in [6.45, 7) is 2.58. The van der Waals surface area contributed by atoms with E-state index in [2.05, 4.69) is 5.32 Å². The largest absolute Gasteiger partial charge is 0.396 e. The van der Waals surface area contributed by atoms with Crippen LogP contribution in [0.25, 0.3) is 0 Å². The predicted octanol–water partition coefficient (Wildman–Crippen LogP) is 1.18. The summed E-state index contributed by atoms with van der Waals surface area (Å²) in [4.78, 5) is 0. The van der Waals surface area contributed by atoms with Crippen LogP contribution in [0.3, 0.4) is 0 Å². The number of piperidine rings is 1. The molecule has 0 aromatic carbocycles. The van der Waals surface area contributed by atoms with E-state index in [-0.39, 0.29) is 12.4 Å². The fraction of sp³-hybridized carbons (Fsp3) is 1.00. The van der Waals surface area contributed by atoms with Crippen molar-refractivity contribution in [3.63, 3.8) is 0 Å². The molecule has 0 amide bonds. The van der Waals surface area contributed by atoms with Gasteiger partial charge in [0.05, 0.1) is 0 Å². The fourth-order valence-electron chi connectivity index (χ4n) is 2.58. The molecule has 2 fully saturated rings. The number of aliphatic hydroxyl groups excluding tert-OH is 1. The standard InChI is InChI=1S/C9H17NO.ClH/c11-7-8-6-10-5-4-9(8)2-1-3-9;/h8,10-11H,1-7H2;1H. The average Bonchev–Trinajstić information content (AvgIpc) is 2.01. The van der Waals surface area contributed by atoms with Crippen molar-refractivity contribution in [3.05, 3.63) is 0 Å². The molecular weight excluding hydrogens is 174 g/mol. The van der Waals surface area contributed by atoms with Gasteiger partial charge in [0, 0.05) is 19.1 Å². The lowest BCUT2D eigenvalue weighted by Gasteiger charge is -2.50. The molecule has 12 heavy (non-hydrogen) atoms. The third-order valence-electron chi connectivity index (χ3n) is 3.63. The molecular formula is C9H18ClNO. The number of hydrogen-bond donors (Lipinski definition) is 2. The summed E-state index contributed by atoms with van der Waals surface area (Å²) in [5.74, 6) is 0.546. The minimum atomic E-state index is 0. The van der Waals surface area contributed by atoms with E-state index in [4.69, 9.17) is 5.11 Å². The van der Waals surface area contributed by atoms with Gasteiger partial charge in [0.1, 0.15) is 0 Å². The molecule has 0 aromatic heterocycles. The monoisotopic (exact) mass is 191 g/mol. The van der Waals surface area contributed by atoms with Crippen LogP contribution in [-0.2, 0) is 0 Å². The Morgan fingerprint density at radius 3 is 2.50 bits per heavy atom. The lowest BCUT2D eigenvalue weighted by molar-refractivity contribution is -0.0125. The van der Waals surface area contributed by atoms with Gasteiger partial charge in [0.25, 0.3) is 0 Å². The van der Waals surface area contributed by atoms with Crippen LogP contribution in [0.2, 0.25) is 0 Å². The lowest BCUT2D eigenvalue weighted by Crippen LogP contribution is -2.50. The number of rotatable bonds is 1. The van der Waals surface area contributed by atoms with Crippen molar-refractivity contribution in [2.45, 2.75) is 25.7 Å². The normalized spacial score (nSPS) is 32.2. The molecule has 0 bridgehead atoms. The minimum Gasteiger partial charge on any atom is -0.396 e. The Balaban J connectivity index is 0.000000720. The van der Waals surface area contributed by atoms with Gasteiger partial charge in [-0.1, -0.05) is 6.42 Å². The average molecular weight is 192 g/mol. The van der Waals surface area contributed by atoms with Crippen molar-refractivity contribution < 1.29 is 5.11 Å². The van der Waals surface area contributed by atoms with Crippen molar-refractivity contribution >= 4 is 12.4 Å². The van der Waals surface area contributed by atoms with Gasteiger partial charge < -0.3 is 10.4 Å². The molecule has 1 aliphatic heterocycles. The summed E-state index contributed by atoms with van der Waals surface area (Å²) >= 11 is 0. The van der Waals surface area contributed by atoms with E-state index in [9.17, 15) is 0 Å². The van der Waals surface area contributed by atoms with Crippen LogP contribution in [0.5, 0.6) is 0 Å². The molecule has 0 radical (unpaired) electrons. The summed E-state index contributed by atoms with van der Waals surface area (Å²) in [5, 5.41) is 12.5. The van der Waals surface area contributed by atoms with Gasteiger partial charge >= 0.3 is 0 Å². The molecule has 1 unspecified atom stereocenters. The van der Waals surface area contributed by atoms with Crippen LogP contribution >= 0.6 is 12.4 Å². The second-order valence-corrected chi connectivity index (χ2v) is 4.05. The highest BCUT2D eigenvalue weighted by Gasteiger charge is 2.44. The SMILES string of the molecule is Cl.OCC1CNCCC12CCC2. The third-order valence-corrected chi connectivity index (χ3v) is 3.63. The van der Waals surface area contributed by atoms with E-state index in [1.165, 1.54) is 25.7 Å². The fourth-order valence-corrected chi connectivity index (χ4v) is 2.58. The molecule has 1 saturated heterocycles.